The average molecular weight is 181 g/mol. The van der Waals surface area contributed by atoms with E-state index in [4.69, 9.17) is 0 Å². The molecule has 0 saturated carbocycles. The van der Waals surface area contributed by atoms with Gasteiger partial charge in [-0.3, -0.25) is 0 Å². The second kappa shape index (κ2) is 5.04. The second-order valence-corrected chi connectivity index (χ2v) is 3.59. The molecular weight excluding hydrogens is 162 g/mol. The Bertz CT molecular complexity index is 240. The van der Waals surface area contributed by atoms with Gasteiger partial charge >= 0.3 is 0 Å². The predicted molar refractivity (Wildman–Crippen MR) is 55.7 cm³/mol. The van der Waals surface area contributed by atoms with Gasteiger partial charge in [0.15, 0.2) is 0 Å². The highest BCUT2D eigenvalue weighted by atomic mass is 15.1. The first-order chi connectivity index (χ1) is 6.22. The second-order valence-electron chi connectivity index (χ2n) is 3.59. The smallest absolute Gasteiger partial charge is 0.0347 e. The van der Waals surface area contributed by atoms with Crippen LogP contribution < -0.4 is 5.32 Å². The molecule has 13 heavy (non-hydrogen) atoms. The summed E-state index contributed by atoms with van der Waals surface area (Å²) in [6, 6.07) is 2.16. The Morgan fingerprint density at radius 2 is 2.23 bits per heavy atom. The summed E-state index contributed by atoms with van der Waals surface area (Å²) in [7, 11) is 6.16. The van der Waals surface area contributed by atoms with Gasteiger partial charge in [-0.2, -0.15) is 0 Å². The van der Waals surface area contributed by atoms with Gasteiger partial charge in [0, 0.05) is 32.0 Å². The largest absolute Gasteiger partial charge is 0.353 e. The highest BCUT2D eigenvalue weighted by molar-refractivity contribution is 5.09. The molecule has 74 valence electrons. The van der Waals surface area contributed by atoms with Crippen LogP contribution in [0.3, 0.4) is 0 Å². The summed E-state index contributed by atoms with van der Waals surface area (Å²) in [5, 5.41) is 3.14. The van der Waals surface area contributed by atoms with E-state index in [0.717, 1.165) is 19.6 Å². The number of hydrogen-bond acceptors (Lipinski definition) is 2. The van der Waals surface area contributed by atoms with E-state index in [1.807, 2.05) is 7.05 Å². The lowest BCUT2D eigenvalue weighted by Crippen LogP contribution is -2.17. The van der Waals surface area contributed by atoms with Crippen molar-refractivity contribution in [2.24, 2.45) is 0 Å². The minimum Gasteiger partial charge on any atom is -0.353 e. The van der Waals surface area contributed by atoms with Gasteiger partial charge in [-0.1, -0.05) is 0 Å². The van der Waals surface area contributed by atoms with Gasteiger partial charge < -0.3 is 14.8 Å². The number of hydrogen-bond donors (Lipinski definition) is 1. The van der Waals surface area contributed by atoms with E-state index in [1.54, 1.807) is 0 Å². The van der Waals surface area contributed by atoms with Gasteiger partial charge in [-0.05, 0) is 32.8 Å². The highest BCUT2D eigenvalue weighted by Gasteiger charge is 1.95. The summed E-state index contributed by atoms with van der Waals surface area (Å²) in [4.78, 5) is 2.19. The first kappa shape index (κ1) is 10.3. The molecule has 0 aliphatic rings. The summed E-state index contributed by atoms with van der Waals surface area (Å²) >= 11 is 0. The van der Waals surface area contributed by atoms with Crippen molar-refractivity contribution in [3.05, 3.63) is 24.0 Å². The van der Waals surface area contributed by atoms with Crippen LogP contribution in [-0.4, -0.2) is 37.2 Å². The van der Waals surface area contributed by atoms with Crippen LogP contribution in [-0.2, 0) is 13.1 Å². The summed E-state index contributed by atoms with van der Waals surface area (Å²) in [5.74, 6) is 0. The van der Waals surface area contributed by atoms with Gasteiger partial charge in [0.2, 0.25) is 0 Å². The van der Waals surface area contributed by atoms with Crippen LogP contribution >= 0.6 is 0 Å². The van der Waals surface area contributed by atoms with Crippen molar-refractivity contribution in [2.45, 2.75) is 13.1 Å². The zero-order valence-corrected chi connectivity index (χ0v) is 8.75. The third-order valence-corrected chi connectivity index (χ3v) is 2.00. The van der Waals surface area contributed by atoms with Crippen molar-refractivity contribution in [1.82, 2.24) is 14.8 Å². The number of aromatic nitrogens is 1. The number of likely N-dealkylation sites (N-methyl/N-ethyl adjacent to an activating group) is 1. The Balaban J connectivity index is 2.39. The summed E-state index contributed by atoms with van der Waals surface area (Å²) in [6.07, 6.45) is 4.33. The van der Waals surface area contributed by atoms with Crippen LogP contribution in [0.5, 0.6) is 0 Å². The van der Waals surface area contributed by atoms with Gasteiger partial charge in [0.05, 0.1) is 0 Å². The van der Waals surface area contributed by atoms with Crippen LogP contribution in [0.15, 0.2) is 18.5 Å². The highest BCUT2D eigenvalue weighted by Crippen LogP contribution is 2.00. The average Bonchev–Trinajstić information content (AvgIpc) is 2.50. The van der Waals surface area contributed by atoms with E-state index in [2.05, 4.69) is 47.3 Å². The lowest BCUT2D eigenvalue weighted by molar-refractivity contribution is 0.384. The van der Waals surface area contributed by atoms with E-state index in [1.165, 1.54) is 5.56 Å². The number of nitrogens with zero attached hydrogens (tertiary/aromatic N) is 2. The molecule has 0 aliphatic carbocycles. The molecule has 1 rings (SSSR count). The summed E-state index contributed by atoms with van der Waals surface area (Å²) in [6.45, 7) is 3.11. The van der Waals surface area contributed by atoms with Crippen molar-refractivity contribution in [1.29, 1.82) is 0 Å². The molecule has 0 atom stereocenters. The van der Waals surface area contributed by atoms with Crippen molar-refractivity contribution >= 4 is 0 Å². The Kier molecular flexibility index (Phi) is 3.99. The van der Waals surface area contributed by atoms with E-state index in [9.17, 15) is 0 Å². The maximum atomic E-state index is 3.14. The molecule has 0 aromatic carbocycles. The first-order valence-corrected chi connectivity index (χ1v) is 4.66. The zero-order chi connectivity index (χ0) is 9.68. The zero-order valence-electron chi connectivity index (χ0n) is 8.75. The lowest BCUT2D eigenvalue weighted by atomic mass is 10.3. The third-order valence-electron chi connectivity index (χ3n) is 2.00. The van der Waals surface area contributed by atoms with E-state index >= 15 is 0 Å². The molecule has 3 nitrogen and oxygen atoms in total. The summed E-state index contributed by atoms with van der Waals surface area (Å²) < 4.78 is 2.23. The maximum Gasteiger partial charge on any atom is 0.0347 e. The third kappa shape index (κ3) is 3.61. The Morgan fingerprint density at radius 1 is 1.46 bits per heavy atom. The van der Waals surface area contributed by atoms with Crippen LogP contribution in [0.25, 0.3) is 0 Å². The fraction of sp³-hybridized carbons (Fsp3) is 0.600. The molecular formula is C10H19N3. The molecule has 0 saturated heterocycles. The monoisotopic (exact) mass is 181 g/mol. The predicted octanol–water partition coefficient (Wildman–Crippen LogP) is 0.769. The normalized spacial score (nSPS) is 11.1. The Hall–Kier alpha value is -0.800. The molecule has 0 bridgehead atoms. The lowest BCUT2D eigenvalue weighted by Gasteiger charge is -2.09. The molecule has 0 radical (unpaired) electrons. The minimum atomic E-state index is 0.953. The van der Waals surface area contributed by atoms with Crippen LogP contribution in [0.2, 0.25) is 0 Å². The van der Waals surface area contributed by atoms with Gasteiger partial charge in [-0.15, -0.1) is 0 Å². The maximum absolute atomic E-state index is 3.14. The molecule has 0 unspecified atom stereocenters. The molecule has 1 heterocycles. The molecule has 1 aromatic rings. The fourth-order valence-corrected chi connectivity index (χ4v) is 1.25. The first-order valence-electron chi connectivity index (χ1n) is 4.66. The van der Waals surface area contributed by atoms with E-state index in [0.29, 0.717) is 0 Å². The SMILES string of the molecule is CNCc1ccn(CCN(C)C)c1. The molecule has 0 amide bonds. The van der Waals surface area contributed by atoms with E-state index in [-0.39, 0.29) is 0 Å². The summed E-state index contributed by atoms with van der Waals surface area (Å²) in [5.41, 5.74) is 1.35. The fourth-order valence-electron chi connectivity index (χ4n) is 1.25. The minimum absolute atomic E-state index is 0.953. The van der Waals surface area contributed by atoms with Crippen LogP contribution in [0.4, 0.5) is 0 Å². The molecule has 0 fully saturated rings. The van der Waals surface area contributed by atoms with Crippen LogP contribution in [0.1, 0.15) is 5.56 Å². The van der Waals surface area contributed by atoms with Gasteiger partial charge in [-0.25, -0.2) is 0 Å². The molecule has 1 aromatic heterocycles. The van der Waals surface area contributed by atoms with Crippen molar-refractivity contribution in [3.8, 4) is 0 Å². The van der Waals surface area contributed by atoms with Crippen LogP contribution in [0, 0.1) is 0 Å². The van der Waals surface area contributed by atoms with E-state index < -0.39 is 0 Å². The molecule has 3 heteroatoms. The van der Waals surface area contributed by atoms with Gasteiger partial charge in [0.25, 0.3) is 0 Å². The molecule has 0 spiro atoms. The Morgan fingerprint density at radius 3 is 2.85 bits per heavy atom. The van der Waals surface area contributed by atoms with Crippen molar-refractivity contribution in [3.63, 3.8) is 0 Å². The molecule has 0 aliphatic heterocycles. The number of nitrogens with one attached hydrogen (secondary N) is 1. The number of rotatable bonds is 5. The Labute approximate surface area is 80.3 Å². The molecule has 1 N–H and O–H groups in total. The quantitative estimate of drug-likeness (QED) is 0.724. The standard InChI is InChI=1S/C10H19N3/c1-11-8-10-4-5-13(9-10)7-6-12(2)3/h4-5,9,11H,6-8H2,1-3H3. The van der Waals surface area contributed by atoms with Gasteiger partial charge in [0.1, 0.15) is 0 Å². The topological polar surface area (TPSA) is 20.2 Å². The van der Waals surface area contributed by atoms with Crippen molar-refractivity contribution in [2.75, 3.05) is 27.7 Å². The van der Waals surface area contributed by atoms with Crippen molar-refractivity contribution < 1.29 is 0 Å².